The molecule has 4 nitrogen and oxygen atoms in total. The van der Waals surface area contributed by atoms with E-state index in [4.69, 9.17) is 5.26 Å². The van der Waals surface area contributed by atoms with E-state index in [-0.39, 0.29) is 5.41 Å². The van der Waals surface area contributed by atoms with Gasteiger partial charge < -0.3 is 0 Å². The van der Waals surface area contributed by atoms with Gasteiger partial charge in [-0.05, 0) is 24.0 Å². The molecule has 0 fully saturated rings. The summed E-state index contributed by atoms with van der Waals surface area (Å²) in [5.74, 6) is 0. The molecule has 1 N–H and O–H groups in total. The Balaban J connectivity index is 3.19. The summed E-state index contributed by atoms with van der Waals surface area (Å²) in [6, 6.07) is 8.96. The average Bonchev–Trinajstić information content (AvgIpc) is 2.26. The van der Waals surface area contributed by atoms with Crippen molar-refractivity contribution in [2.75, 3.05) is 4.72 Å². The van der Waals surface area contributed by atoms with E-state index >= 15 is 0 Å². The molecule has 0 saturated carbocycles. The molecule has 1 aromatic carbocycles. The fourth-order valence-corrected chi connectivity index (χ4v) is 2.34. The van der Waals surface area contributed by atoms with Crippen LogP contribution in [0.2, 0.25) is 0 Å². The number of nitrogens with one attached hydrogen (secondary N) is 1. The van der Waals surface area contributed by atoms with Gasteiger partial charge in [-0.3, -0.25) is 4.72 Å². The maximum Gasteiger partial charge on any atom is 0.248 e. The predicted octanol–water partition coefficient (Wildman–Crippen LogP) is 2.64. The molecule has 98 valence electrons. The zero-order valence-electron chi connectivity index (χ0n) is 11.1. The molecule has 0 spiro atoms. The van der Waals surface area contributed by atoms with Crippen LogP contribution in [0.5, 0.6) is 0 Å². The summed E-state index contributed by atoms with van der Waals surface area (Å²) in [4.78, 5) is 0. The van der Waals surface area contributed by atoms with Crippen LogP contribution in [0.3, 0.4) is 0 Å². The van der Waals surface area contributed by atoms with E-state index < -0.39 is 15.3 Å². The molecular weight excluding hydrogens is 248 g/mol. The van der Waals surface area contributed by atoms with Gasteiger partial charge in [-0.1, -0.05) is 39.0 Å². The number of nitriles is 1. The number of hydrogen-bond donors (Lipinski definition) is 1. The second-order valence-corrected chi connectivity index (χ2v) is 7.22. The Morgan fingerprint density at radius 2 is 1.83 bits per heavy atom. The molecule has 0 heterocycles. The highest BCUT2D eigenvalue weighted by Crippen LogP contribution is 2.30. The first kappa shape index (κ1) is 14.5. The SMILES string of the molecule is CC(C#N)S(=O)(=O)Nc1ccccc1C(C)(C)C. The summed E-state index contributed by atoms with van der Waals surface area (Å²) in [6.45, 7) is 7.39. The van der Waals surface area contributed by atoms with Crippen molar-refractivity contribution in [3.8, 4) is 6.07 Å². The van der Waals surface area contributed by atoms with Crippen LogP contribution in [-0.4, -0.2) is 13.7 Å². The molecule has 1 unspecified atom stereocenters. The van der Waals surface area contributed by atoms with Crippen LogP contribution in [0.4, 0.5) is 5.69 Å². The van der Waals surface area contributed by atoms with Crippen molar-refractivity contribution in [3.63, 3.8) is 0 Å². The maximum atomic E-state index is 11.9. The van der Waals surface area contributed by atoms with Gasteiger partial charge in [0.25, 0.3) is 0 Å². The summed E-state index contributed by atoms with van der Waals surface area (Å²) >= 11 is 0. The largest absolute Gasteiger partial charge is 0.282 e. The van der Waals surface area contributed by atoms with Crippen molar-refractivity contribution in [1.29, 1.82) is 5.26 Å². The quantitative estimate of drug-likeness (QED) is 0.914. The summed E-state index contributed by atoms with van der Waals surface area (Å²) in [7, 11) is -3.66. The standard InChI is InChI=1S/C13H18N2O2S/c1-10(9-14)18(16,17)15-12-8-6-5-7-11(12)13(2,3)4/h5-8,10,15H,1-4H3. The Morgan fingerprint density at radius 3 is 2.33 bits per heavy atom. The van der Waals surface area contributed by atoms with Gasteiger partial charge in [-0.2, -0.15) is 5.26 Å². The Kier molecular flexibility index (Phi) is 4.02. The fourth-order valence-electron chi connectivity index (χ4n) is 1.54. The van der Waals surface area contributed by atoms with Crippen LogP contribution in [0.1, 0.15) is 33.3 Å². The lowest BCUT2D eigenvalue weighted by Gasteiger charge is -2.23. The molecule has 1 atom stereocenters. The second-order valence-electron chi connectivity index (χ2n) is 5.21. The number of hydrogen-bond acceptors (Lipinski definition) is 3. The van der Waals surface area contributed by atoms with E-state index in [9.17, 15) is 8.42 Å². The highest BCUT2D eigenvalue weighted by molar-refractivity contribution is 7.93. The number of anilines is 1. The lowest BCUT2D eigenvalue weighted by Crippen LogP contribution is -2.25. The monoisotopic (exact) mass is 266 g/mol. The summed E-state index contributed by atoms with van der Waals surface area (Å²) < 4.78 is 26.2. The molecule has 5 heteroatoms. The summed E-state index contributed by atoms with van der Waals surface area (Å²) in [6.07, 6.45) is 0. The molecule has 1 rings (SSSR count). The van der Waals surface area contributed by atoms with Crippen molar-refractivity contribution in [2.24, 2.45) is 0 Å². The minimum Gasteiger partial charge on any atom is -0.282 e. The molecule has 0 bridgehead atoms. The Labute approximate surface area is 109 Å². The van der Waals surface area contributed by atoms with Crippen molar-refractivity contribution >= 4 is 15.7 Å². The number of para-hydroxylation sites is 1. The Bertz CT molecular complexity index is 565. The van der Waals surface area contributed by atoms with Gasteiger partial charge in [-0.25, -0.2) is 8.42 Å². The summed E-state index contributed by atoms with van der Waals surface area (Å²) in [5.41, 5.74) is 1.26. The number of rotatable bonds is 3. The average molecular weight is 266 g/mol. The van der Waals surface area contributed by atoms with E-state index in [1.165, 1.54) is 6.92 Å². The van der Waals surface area contributed by atoms with Gasteiger partial charge in [0.15, 0.2) is 5.25 Å². The van der Waals surface area contributed by atoms with Crippen LogP contribution < -0.4 is 4.72 Å². The van der Waals surface area contributed by atoms with Crippen molar-refractivity contribution in [2.45, 2.75) is 38.4 Å². The molecule has 1 aromatic rings. The van der Waals surface area contributed by atoms with Gasteiger partial charge in [0, 0.05) is 0 Å². The van der Waals surface area contributed by atoms with Crippen LogP contribution >= 0.6 is 0 Å². The number of benzene rings is 1. The van der Waals surface area contributed by atoms with E-state index in [0.29, 0.717) is 5.69 Å². The predicted molar refractivity (Wildman–Crippen MR) is 72.8 cm³/mol. The topological polar surface area (TPSA) is 70.0 Å². The molecule has 0 aliphatic carbocycles. The fraction of sp³-hybridized carbons (Fsp3) is 0.462. The smallest absolute Gasteiger partial charge is 0.248 e. The van der Waals surface area contributed by atoms with E-state index in [1.54, 1.807) is 18.2 Å². The first-order valence-corrected chi connectivity index (χ1v) is 7.24. The summed E-state index contributed by atoms with van der Waals surface area (Å²) in [5, 5.41) is 7.63. The third-order valence-electron chi connectivity index (χ3n) is 2.63. The van der Waals surface area contributed by atoms with Gasteiger partial charge in [0.1, 0.15) is 0 Å². The van der Waals surface area contributed by atoms with Crippen molar-refractivity contribution < 1.29 is 8.42 Å². The third kappa shape index (κ3) is 3.23. The van der Waals surface area contributed by atoms with Crippen LogP contribution in [0, 0.1) is 11.3 Å². The highest BCUT2D eigenvalue weighted by Gasteiger charge is 2.24. The van der Waals surface area contributed by atoms with Gasteiger partial charge >= 0.3 is 0 Å². The maximum absolute atomic E-state index is 11.9. The van der Waals surface area contributed by atoms with Gasteiger partial charge in [-0.15, -0.1) is 0 Å². The molecule has 0 aliphatic rings. The third-order valence-corrected chi connectivity index (χ3v) is 4.18. The second kappa shape index (κ2) is 4.99. The van der Waals surface area contributed by atoms with Crippen LogP contribution in [0.15, 0.2) is 24.3 Å². The lowest BCUT2D eigenvalue weighted by molar-refractivity contribution is 0.589. The first-order chi connectivity index (χ1) is 8.18. The molecule has 0 saturated heterocycles. The lowest BCUT2D eigenvalue weighted by atomic mass is 9.86. The molecule has 0 aliphatic heterocycles. The van der Waals surface area contributed by atoms with Crippen LogP contribution in [0.25, 0.3) is 0 Å². The zero-order valence-corrected chi connectivity index (χ0v) is 11.9. The van der Waals surface area contributed by atoms with Crippen molar-refractivity contribution in [1.82, 2.24) is 0 Å². The Morgan fingerprint density at radius 1 is 1.28 bits per heavy atom. The molecule has 18 heavy (non-hydrogen) atoms. The minimum absolute atomic E-state index is 0.172. The highest BCUT2D eigenvalue weighted by atomic mass is 32.2. The molecule has 0 radical (unpaired) electrons. The molecule has 0 amide bonds. The van der Waals surface area contributed by atoms with Gasteiger partial charge in [0.2, 0.25) is 10.0 Å². The van der Waals surface area contributed by atoms with Crippen molar-refractivity contribution in [3.05, 3.63) is 29.8 Å². The Hall–Kier alpha value is -1.54. The minimum atomic E-state index is -3.66. The van der Waals surface area contributed by atoms with E-state index in [1.807, 2.05) is 32.9 Å². The van der Waals surface area contributed by atoms with Gasteiger partial charge in [0.05, 0.1) is 11.8 Å². The normalized spacial score (nSPS) is 13.7. The van der Waals surface area contributed by atoms with Crippen LogP contribution in [-0.2, 0) is 15.4 Å². The number of nitrogens with zero attached hydrogens (tertiary/aromatic N) is 1. The number of sulfonamides is 1. The zero-order chi connectivity index (χ0) is 14.0. The first-order valence-electron chi connectivity index (χ1n) is 5.69. The molecule has 0 aromatic heterocycles. The molecular formula is C13H18N2O2S. The van der Waals surface area contributed by atoms with E-state index in [0.717, 1.165) is 5.56 Å². The van der Waals surface area contributed by atoms with E-state index in [2.05, 4.69) is 4.72 Å².